The minimum Gasteiger partial charge on any atom is -0.857 e. The van der Waals surface area contributed by atoms with Crippen LogP contribution < -0.4 is 40.4 Å². The molecule has 2 aliphatic heterocycles. The van der Waals surface area contributed by atoms with Gasteiger partial charge < -0.3 is 20.8 Å². The van der Waals surface area contributed by atoms with Gasteiger partial charge in [0.25, 0.3) is 5.91 Å². The molecule has 4 rings (SSSR count). The van der Waals surface area contributed by atoms with Gasteiger partial charge in [-0.3, -0.25) is 14.7 Å². The van der Waals surface area contributed by atoms with Crippen molar-refractivity contribution in [3.05, 3.63) is 27.4 Å². The Balaban J connectivity index is 0.00000361. The number of anilines is 1. The predicted octanol–water partition coefficient (Wildman–Crippen LogP) is -3.91. The molecule has 186 valence electrons. The molecule has 1 fully saturated rings. The number of hydrogen-bond donors (Lipinski definition) is 2. The molecular weight excluding hydrogens is 565 g/mol. The second-order valence-electron chi connectivity index (χ2n) is 7.09. The number of oxime groups is 1. The van der Waals surface area contributed by atoms with Crippen molar-refractivity contribution in [2.75, 3.05) is 24.3 Å². The molecule has 0 saturated carbocycles. The fraction of sp³-hybridized carbons (Fsp3) is 0.353. The van der Waals surface area contributed by atoms with Gasteiger partial charge in [0.05, 0.1) is 5.75 Å². The first-order chi connectivity index (χ1) is 16.5. The van der Waals surface area contributed by atoms with Crippen molar-refractivity contribution in [1.29, 1.82) is 0 Å². The number of rotatable bonds is 8. The summed E-state index contributed by atoms with van der Waals surface area (Å²) in [5.74, 6) is -3.76. The number of aliphatic carboxylic acids is 1. The van der Waals surface area contributed by atoms with Gasteiger partial charge >= 0.3 is 35.5 Å². The Kier molecular flexibility index (Phi) is 8.79. The zero-order valence-electron chi connectivity index (χ0n) is 18.9. The molecule has 14 nitrogen and oxygen atoms in total. The summed E-state index contributed by atoms with van der Waals surface area (Å²) in [5.41, 5.74) is 5.04. The number of nitrogens with two attached hydrogens (primary N) is 1. The summed E-state index contributed by atoms with van der Waals surface area (Å²) in [6, 6.07) is -1.19. The average Bonchev–Trinajstić information content (AvgIpc) is 3.43. The summed E-state index contributed by atoms with van der Waals surface area (Å²) >= 11 is 3.04. The van der Waals surface area contributed by atoms with E-state index in [2.05, 4.69) is 30.2 Å². The molecule has 19 heteroatoms. The normalized spacial score (nSPS) is 20.5. The van der Waals surface area contributed by atoms with Crippen LogP contribution in [0.25, 0.3) is 0 Å². The van der Waals surface area contributed by atoms with Crippen LogP contribution in [0.15, 0.2) is 31.1 Å². The summed E-state index contributed by atoms with van der Waals surface area (Å²) in [7, 11) is -2.75. The van der Waals surface area contributed by atoms with Gasteiger partial charge in [0, 0.05) is 17.0 Å². The van der Waals surface area contributed by atoms with Crippen molar-refractivity contribution >= 4 is 72.9 Å². The monoisotopic (exact) mass is 581 g/mol. The summed E-state index contributed by atoms with van der Waals surface area (Å²) in [4.78, 5) is 38.3. The van der Waals surface area contributed by atoms with Crippen LogP contribution in [-0.2, 0) is 24.3 Å². The van der Waals surface area contributed by atoms with E-state index in [-0.39, 0.29) is 61.8 Å². The Morgan fingerprint density at radius 1 is 1.42 bits per heavy atom. The molecular formula is C17H16N7NaO7S4. The maximum Gasteiger partial charge on any atom is 1.00 e. The van der Waals surface area contributed by atoms with Crippen molar-refractivity contribution in [2.24, 2.45) is 10.1 Å². The molecule has 1 amide bonds. The molecule has 0 aliphatic carbocycles. The van der Waals surface area contributed by atoms with Gasteiger partial charge in [-0.25, -0.2) is 18.2 Å². The second kappa shape index (κ2) is 11.1. The van der Waals surface area contributed by atoms with E-state index in [9.17, 15) is 28.2 Å². The number of nitrogens with zero attached hydrogens (tertiary/aromatic N) is 6. The van der Waals surface area contributed by atoms with E-state index in [1.807, 2.05) is 0 Å². The van der Waals surface area contributed by atoms with Gasteiger partial charge in [0.1, 0.15) is 34.6 Å². The van der Waals surface area contributed by atoms with Crippen molar-refractivity contribution in [3.63, 3.8) is 0 Å². The van der Waals surface area contributed by atoms with Crippen LogP contribution >= 0.6 is 34.4 Å². The molecule has 2 aromatic rings. The van der Waals surface area contributed by atoms with E-state index < -0.39 is 50.5 Å². The fourth-order valence-electron chi connectivity index (χ4n) is 3.33. The zero-order chi connectivity index (χ0) is 25.5. The minimum atomic E-state index is -3.97. The molecule has 0 unspecified atom stereocenters. The number of aryl methyl sites for hydroxylation is 1. The van der Waals surface area contributed by atoms with Crippen molar-refractivity contribution in [1.82, 2.24) is 20.1 Å². The topological polar surface area (TPSA) is 213 Å². The molecule has 36 heavy (non-hydrogen) atoms. The van der Waals surface area contributed by atoms with E-state index in [4.69, 9.17) is 5.73 Å². The zero-order valence-corrected chi connectivity index (χ0v) is 24.2. The molecule has 0 aromatic carbocycles. The quantitative estimate of drug-likeness (QED) is 0.101. The number of β-lactam (4-membered cyclic amide) rings is 1. The molecule has 0 bridgehead atoms. The molecule has 0 radical (unpaired) electrons. The molecule has 2 aromatic heterocycles. The largest absolute Gasteiger partial charge is 1.00 e. The number of carbonyl (C=O) groups is 2. The van der Waals surface area contributed by atoms with Crippen LogP contribution in [0.3, 0.4) is 0 Å². The van der Waals surface area contributed by atoms with Crippen LogP contribution in [0, 0.1) is 6.92 Å². The van der Waals surface area contributed by atoms with Crippen molar-refractivity contribution in [3.8, 4) is 0 Å². The molecule has 2 aliphatic rings. The third-order valence-corrected chi connectivity index (χ3v) is 9.75. The van der Waals surface area contributed by atoms with Crippen LogP contribution in [0.4, 0.5) is 5.13 Å². The molecule has 2 atom stereocenters. The number of amides is 1. The number of hydrogen-bond acceptors (Lipinski definition) is 15. The van der Waals surface area contributed by atoms with E-state index >= 15 is 0 Å². The third kappa shape index (κ3) is 5.43. The first-order valence-electron chi connectivity index (χ1n) is 9.54. The first kappa shape index (κ1) is 28.5. The second-order valence-corrected chi connectivity index (χ2v) is 12.4. The Hall–Kier alpha value is -2.09. The number of aliphatic imine (C=N–C) groups is 1. The number of sulfone groups is 1. The number of carboxylic acid groups (broad SMARTS) is 1. The number of fused-ring (bicyclic) bond motifs is 1. The van der Waals surface area contributed by atoms with Gasteiger partial charge in [-0.05, 0) is 12.5 Å². The smallest absolute Gasteiger partial charge is 0.857 e. The SMILES string of the molecule is CO/N=C(/C([O-])=N[C@@H]1C(=O)N2C(C(=O)O)=C(CS(=O)(=O)c3nnc(C)s3)CS[C@H]12)c1csc(N)n1.[Na+]. The van der Waals surface area contributed by atoms with Gasteiger partial charge in [0.2, 0.25) is 14.2 Å². The number of thiazole rings is 1. The van der Waals surface area contributed by atoms with E-state index in [0.29, 0.717) is 5.01 Å². The fourth-order valence-corrected chi connectivity index (χ4v) is 7.78. The van der Waals surface area contributed by atoms with Gasteiger partial charge in [-0.15, -0.1) is 33.3 Å². The Morgan fingerprint density at radius 3 is 2.69 bits per heavy atom. The maximum atomic E-state index is 12.8. The number of carboxylic acids is 1. The standard InChI is InChI=1S/C17H17N7O7S4.Na/c1-6-21-22-17(34-6)35(29,30)5-7-3-32-14-10(13(26)24(14)11(7)15(27)28)20-12(25)9(23-31-2)8-4-33-16(18)19-8;/h4,10,14H,3,5H2,1-2H3,(H2,18,19)(H,20,25)(H,27,28);/q;+1/p-1/b23-9+;/t10-,14-;/m1./s1. The van der Waals surface area contributed by atoms with E-state index in [1.54, 1.807) is 6.92 Å². The Morgan fingerprint density at radius 2 is 2.14 bits per heavy atom. The summed E-state index contributed by atoms with van der Waals surface area (Å²) in [6.45, 7) is 1.59. The first-order valence-corrected chi connectivity index (χ1v) is 13.9. The molecule has 3 N–H and O–H groups in total. The third-order valence-electron chi connectivity index (χ3n) is 4.77. The molecule has 4 heterocycles. The predicted molar refractivity (Wildman–Crippen MR) is 126 cm³/mol. The van der Waals surface area contributed by atoms with Crippen LogP contribution in [0.1, 0.15) is 10.7 Å². The number of nitrogen functional groups attached to an aromatic ring is 1. The minimum absolute atomic E-state index is 0. The molecule has 1 saturated heterocycles. The van der Waals surface area contributed by atoms with Gasteiger partial charge in [0.15, 0.2) is 11.2 Å². The molecule has 0 spiro atoms. The van der Waals surface area contributed by atoms with Crippen molar-refractivity contribution < 1.29 is 62.6 Å². The van der Waals surface area contributed by atoms with Gasteiger partial charge in [-0.2, -0.15) is 0 Å². The number of aromatic nitrogens is 3. The van der Waals surface area contributed by atoms with Crippen LogP contribution in [0.5, 0.6) is 0 Å². The Labute approximate surface area is 238 Å². The van der Waals surface area contributed by atoms with Crippen LogP contribution in [-0.4, -0.2) is 87.1 Å². The number of carbonyl (C=O) groups excluding carboxylic acids is 1. The van der Waals surface area contributed by atoms with E-state index in [1.165, 1.54) is 12.5 Å². The van der Waals surface area contributed by atoms with E-state index in [0.717, 1.165) is 39.3 Å². The van der Waals surface area contributed by atoms with Crippen molar-refractivity contribution in [2.45, 2.75) is 22.7 Å². The summed E-state index contributed by atoms with van der Waals surface area (Å²) < 4.78 is 25.2. The average molecular weight is 582 g/mol. The summed E-state index contributed by atoms with van der Waals surface area (Å²) in [6.07, 6.45) is 0. The number of thioether (sulfide) groups is 1. The Bertz CT molecular complexity index is 1400. The van der Waals surface area contributed by atoms with Gasteiger partial charge in [-0.1, -0.05) is 16.5 Å². The summed E-state index contributed by atoms with van der Waals surface area (Å²) in [5, 5.41) is 34.7. The maximum absolute atomic E-state index is 12.8. The van der Waals surface area contributed by atoms with Crippen LogP contribution in [0.2, 0.25) is 0 Å².